The van der Waals surface area contributed by atoms with Crippen LogP contribution in [0.15, 0.2) is 18.2 Å². The number of ether oxygens (including phenoxy) is 1. The Morgan fingerprint density at radius 1 is 1.41 bits per heavy atom. The Hall–Kier alpha value is -1.35. The highest BCUT2D eigenvalue weighted by atomic mass is 16.5. The fourth-order valence-electron chi connectivity index (χ4n) is 1.63. The molecule has 0 atom stereocenters. The van der Waals surface area contributed by atoms with E-state index in [0.29, 0.717) is 31.1 Å². The minimum atomic E-state index is -0.206. The summed E-state index contributed by atoms with van der Waals surface area (Å²) < 4.78 is 5.40. The van der Waals surface area contributed by atoms with Gasteiger partial charge < -0.3 is 10.5 Å². The molecule has 0 unspecified atom stereocenters. The Labute approximate surface area is 103 Å². The van der Waals surface area contributed by atoms with Crippen LogP contribution in [0.4, 0.5) is 0 Å². The van der Waals surface area contributed by atoms with Gasteiger partial charge in [0, 0.05) is 6.42 Å². The maximum atomic E-state index is 11.6. The minimum Gasteiger partial charge on any atom is -0.426 e. The van der Waals surface area contributed by atoms with Crippen molar-refractivity contribution in [3.63, 3.8) is 0 Å². The summed E-state index contributed by atoms with van der Waals surface area (Å²) in [5.41, 5.74) is 7.52. The van der Waals surface area contributed by atoms with Gasteiger partial charge in [0.1, 0.15) is 5.75 Å². The number of hydrogen-bond donors (Lipinski definition) is 1. The monoisotopic (exact) mass is 235 g/mol. The summed E-state index contributed by atoms with van der Waals surface area (Å²) in [4.78, 5) is 11.6. The molecule has 2 N–H and O–H groups in total. The average Bonchev–Trinajstić information content (AvgIpc) is 2.26. The van der Waals surface area contributed by atoms with Crippen molar-refractivity contribution in [2.75, 3.05) is 6.54 Å². The second-order valence-electron chi connectivity index (χ2n) is 4.56. The van der Waals surface area contributed by atoms with Crippen LogP contribution in [0, 0.1) is 6.92 Å². The Morgan fingerprint density at radius 2 is 2.12 bits per heavy atom. The van der Waals surface area contributed by atoms with E-state index in [1.165, 1.54) is 0 Å². The molecule has 3 nitrogen and oxygen atoms in total. The molecule has 0 spiro atoms. The number of esters is 1. The topological polar surface area (TPSA) is 52.3 Å². The van der Waals surface area contributed by atoms with E-state index in [2.05, 4.69) is 13.8 Å². The Bertz CT molecular complexity index is 386. The van der Waals surface area contributed by atoms with Crippen LogP contribution >= 0.6 is 0 Å². The van der Waals surface area contributed by atoms with Gasteiger partial charge in [-0.1, -0.05) is 26.0 Å². The van der Waals surface area contributed by atoms with Gasteiger partial charge >= 0.3 is 5.97 Å². The summed E-state index contributed by atoms with van der Waals surface area (Å²) in [6, 6.07) is 5.97. The van der Waals surface area contributed by atoms with E-state index in [9.17, 15) is 4.79 Å². The Kier molecular flexibility index (Phi) is 5.16. The van der Waals surface area contributed by atoms with Gasteiger partial charge in [-0.15, -0.1) is 0 Å². The van der Waals surface area contributed by atoms with Crippen molar-refractivity contribution in [1.29, 1.82) is 0 Å². The zero-order valence-corrected chi connectivity index (χ0v) is 10.8. The lowest BCUT2D eigenvalue weighted by atomic mass is 10.0. The standard InChI is InChI=1S/C14H21NO2/c1-10(2)12-7-6-11(3)9-13(12)17-14(16)5-4-8-15/h6-7,9-10H,4-5,8,15H2,1-3H3. The van der Waals surface area contributed by atoms with E-state index < -0.39 is 0 Å². The van der Waals surface area contributed by atoms with Gasteiger partial charge in [0.25, 0.3) is 0 Å². The smallest absolute Gasteiger partial charge is 0.311 e. The lowest BCUT2D eigenvalue weighted by molar-refractivity contribution is -0.134. The van der Waals surface area contributed by atoms with E-state index in [0.717, 1.165) is 11.1 Å². The highest BCUT2D eigenvalue weighted by Gasteiger charge is 2.11. The van der Waals surface area contributed by atoms with Crippen molar-refractivity contribution >= 4 is 5.97 Å². The van der Waals surface area contributed by atoms with Gasteiger partial charge in [-0.05, 0) is 43.0 Å². The summed E-state index contributed by atoms with van der Waals surface area (Å²) in [5, 5.41) is 0. The second-order valence-corrected chi connectivity index (χ2v) is 4.56. The van der Waals surface area contributed by atoms with Crippen LogP contribution in [0.3, 0.4) is 0 Å². The molecule has 0 heterocycles. The quantitative estimate of drug-likeness (QED) is 0.630. The van der Waals surface area contributed by atoms with E-state index in [4.69, 9.17) is 10.5 Å². The highest BCUT2D eigenvalue weighted by Crippen LogP contribution is 2.27. The average molecular weight is 235 g/mol. The normalized spacial score (nSPS) is 10.6. The summed E-state index contributed by atoms with van der Waals surface area (Å²) in [5.74, 6) is 0.817. The number of aryl methyl sites for hydroxylation is 1. The van der Waals surface area contributed by atoms with E-state index in [1.807, 2.05) is 25.1 Å². The molecular weight excluding hydrogens is 214 g/mol. The third-order valence-corrected chi connectivity index (χ3v) is 2.60. The van der Waals surface area contributed by atoms with Crippen molar-refractivity contribution in [2.24, 2.45) is 5.73 Å². The molecule has 0 saturated carbocycles. The van der Waals surface area contributed by atoms with E-state index in [1.54, 1.807) is 0 Å². The Balaban J connectivity index is 2.81. The lowest BCUT2D eigenvalue weighted by Gasteiger charge is -2.13. The minimum absolute atomic E-state index is 0.206. The van der Waals surface area contributed by atoms with Crippen molar-refractivity contribution in [1.82, 2.24) is 0 Å². The predicted molar refractivity (Wildman–Crippen MR) is 69.2 cm³/mol. The largest absolute Gasteiger partial charge is 0.426 e. The van der Waals surface area contributed by atoms with Crippen molar-refractivity contribution < 1.29 is 9.53 Å². The molecule has 0 aliphatic carbocycles. The van der Waals surface area contributed by atoms with Crippen LogP contribution in [-0.4, -0.2) is 12.5 Å². The molecule has 0 saturated heterocycles. The lowest BCUT2D eigenvalue weighted by Crippen LogP contribution is -2.12. The molecule has 3 heteroatoms. The fraction of sp³-hybridized carbons (Fsp3) is 0.500. The van der Waals surface area contributed by atoms with Crippen molar-refractivity contribution in [2.45, 2.75) is 39.5 Å². The molecule has 1 aromatic carbocycles. The molecule has 0 amide bonds. The van der Waals surface area contributed by atoms with Gasteiger partial charge in [0.05, 0.1) is 0 Å². The van der Waals surface area contributed by atoms with Gasteiger partial charge in [-0.25, -0.2) is 0 Å². The summed E-state index contributed by atoms with van der Waals surface area (Å²) in [6.45, 7) is 6.67. The molecule has 94 valence electrons. The maximum absolute atomic E-state index is 11.6. The molecule has 1 aromatic rings. The van der Waals surface area contributed by atoms with Crippen molar-refractivity contribution in [3.05, 3.63) is 29.3 Å². The number of carbonyl (C=O) groups excluding carboxylic acids is 1. The third-order valence-electron chi connectivity index (χ3n) is 2.60. The maximum Gasteiger partial charge on any atom is 0.311 e. The molecule has 0 radical (unpaired) electrons. The van der Waals surface area contributed by atoms with Gasteiger partial charge in [0.2, 0.25) is 0 Å². The van der Waals surface area contributed by atoms with Gasteiger partial charge in [-0.3, -0.25) is 4.79 Å². The molecule has 0 aliphatic rings. The summed E-state index contributed by atoms with van der Waals surface area (Å²) in [7, 11) is 0. The first-order valence-corrected chi connectivity index (χ1v) is 6.06. The number of rotatable bonds is 5. The summed E-state index contributed by atoms with van der Waals surface area (Å²) >= 11 is 0. The molecule has 1 rings (SSSR count). The number of benzene rings is 1. The molecule has 0 bridgehead atoms. The Morgan fingerprint density at radius 3 is 2.71 bits per heavy atom. The van der Waals surface area contributed by atoms with Crippen LogP contribution in [0.5, 0.6) is 5.75 Å². The van der Waals surface area contributed by atoms with Crippen LogP contribution in [0.1, 0.15) is 43.7 Å². The van der Waals surface area contributed by atoms with Crippen LogP contribution in [0.25, 0.3) is 0 Å². The molecule has 0 fully saturated rings. The van der Waals surface area contributed by atoms with Crippen LogP contribution < -0.4 is 10.5 Å². The number of hydrogen-bond acceptors (Lipinski definition) is 3. The van der Waals surface area contributed by atoms with E-state index in [-0.39, 0.29) is 5.97 Å². The third kappa shape index (κ3) is 4.19. The first-order valence-electron chi connectivity index (χ1n) is 6.06. The second kappa shape index (κ2) is 6.40. The first-order chi connectivity index (χ1) is 8.04. The molecule has 0 aromatic heterocycles. The molecule has 0 aliphatic heterocycles. The molecule has 17 heavy (non-hydrogen) atoms. The first kappa shape index (κ1) is 13.7. The van der Waals surface area contributed by atoms with Crippen LogP contribution in [-0.2, 0) is 4.79 Å². The highest BCUT2D eigenvalue weighted by molar-refractivity contribution is 5.72. The zero-order chi connectivity index (χ0) is 12.8. The number of nitrogens with two attached hydrogens (primary N) is 1. The molecular formula is C14H21NO2. The SMILES string of the molecule is Cc1ccc(C(C)C)c(OC(=O)CCCN)c1. The van der Waals surface area contributed by atoms with Crippen molar-refractivity contribution in [3.8, 4) is 5.75 Å². The predicted octanol–water partition coefficient (Wildman–Crippen LogP) is 2.76. The van der Waals surface area contributed by atoms with Crippen LogP contribution in [0.2, 0.25) is 0 Å². The van der Waals surface area contributed by atoms with Gasteiger partial charge in [0.15, 0.2) is 0 Å². The zero-order valence-electron chi connectivity index (χ0n) is 10.8. The van der Waals surface area contributed by atoms with E-state index >= 15 is 0 Å². The van der Waals surface area contributed by atoms with Gasteiger partial charge in [-0.2, -0.15) is 0 Å². The fourth-order valence-corrected chi connectivity index (χ4v) is 1.63. The number of carbonyl (C=O) groups is 1. The summed E-state index contributed by atoms with van der Waals surface area (Å²) in [6.07, 6.45) is 1.05.